The Kier molecular flexibility index (Phi) is 7.92. The number of hydrogen-bond donors (Lipinski definition) is 1. The number of likely N-dealkylation sites (tertiary alicyclic amines) is 2. The maximum absolute atomic E-state index is 3.82. The Bertz CT molecular complexity index is 236. The molecule has 0 aromatic rings. The molecule has 0 aromatic heterocycles. The smallest absolute Gasteiger partial charge is 0.0107 e. The summed E-state index contributed by atoms with van der Waals surface area (Å²) >= 11 is 0. The summed E-state index contributed by atoms with van der Waals surface area (Å²) in [6.07, 6.45) is 11.1. The molecule has 0 aliphatic carbocycles. The maximum Gasteiger partial charge on any atom is 0.0107 e. The summed E-state index contributed by atoms with van der Waals surface area (Å²) in [5.41, 5.74) is 0. The summed E-state index contributed by atoms with van der Waals surface area (Å²) in [7, 11) is 0. The number of rotatable bonds is 6. The topological polar surface area (TPSA) is 18.5 Å². The van der Waals surface area contributed by atoms with Crippen molar-refractivity contribution in [1.82, 2.24) is 15.1 Å². The van der Waals surface area contributed by atoms with E-state index >= 15 is 0 Å². The van der Waals surface area contributed by atoms with E-state index in [1.165, 1.54) is 97.2 Å². The molecule has 2 heterocycles. The van der Waals surface area contributed by atoms with Gasteiger partial charge >= 0.3 is 0 Å². The second-order valence-corrected chi connectivity index (χ2v) is 6.68. The van der Waals surface area contributed by atoms with E-state index in [1.54, 1.807) is 0 Å². The second kappa shape index (κ2) is 9.75. The van der Waals surface area contributed by atoms with Gasteiger partial charge in [0.2, 0.25) is 0 Å². The van der Waals surface area contributed by atoms with Crippen LogP contribution in [0.25, 0.3) is 0 Å². The first kappa shape index (κ1) is 16.3. The second-order valence-electron chi connectivity index (χ2n) is 6.68. The minimum absolute atomic E-state index is 0.767. The molecule has 20 heavy (non-hydrogen) atoms. The third-order valence-electron chi connectivity index (χ3n) is 4.92. The van der Waals surface area contributed by atoms with Crippen molar-refractivity contribution in [2.75, 3.05) is 45.8 Å². The molecule has 1 N–H and O–H groups in total. The van der Waals surface area contributed by atoms with Crippen molar-refractivity contribution < 1.29 is 0 Å². The Balaban J connectivity index is 1.59. The van der Waals surface area contributed by atoms with Crippen molar-refractivity contribution in [2.24, 2.45) is 0 Å². The molecule has 2 saturated heterocycles. The van der Waals surface area contributed by atoms with E-state index in [4.69, 9.17) is 0 Å². The predicted molar refractivity (Wildman–Crippen MR) is 87.3 cm³/mol. The zero-order chi connectivity index (χ0) is 14.0. The van der Waals surface area contributed by atoms with Crippen LogP contribution in [-0.4, -0.2) is 61.7 Å². The zero-order valence-corrected chi connectivity index (χ0v) is 13.6. The molecule has 0 radical (unpaired) electrons. The summed E-state index contributed by atoms with van der Waals surface area (Å²) < 4.78 is 0. The molecule has 3 nitrogen and oxygen atoms in total. The Morgan fingerprint density at radius 1 is 0.800 bits per heavy atom. The molecule has 0 aromatic carbocycles. The number of nitrogens with one attached hydrogen (secondary N) is 1. The van der Waals surface area contributed by atoms with Gasteiger partial charge in [-0.05, 0) is 71.2 Å². The van der Waals surface area contributed by atoms with Crippen molar-refractivity contribution in [2.45, 2.75) is 64.3 Å². The lowest BCUT2D eigenvalue weighted by Gasteiger charge is -2.23. The molecule has 1 unspecified atom stereocenters. The lowest BCUT2D eigenvalue weighted by Crippen LogP contribution is -2.38. The van der Waals surface area contributed by atoms with Crippen LogP contribution in [0.15, 0.2) is 0 Å². The van der Waals surface area contributed by atoms with Crippen LogP contribution in [0.2, 0.25) is 0 Å². The fraction of sp³-hybridized carbons (Fsp3) is 1.00. The first-order chi connectivity index (χ1) is 9.88. The Morgan fingerprint density at radius 3 is 2.25 bits per heavy atom. The van der Waals surface area contributed by atoms with Gasteiger partial charge in [-0.25, -0.2) is 0 Å². The summed E-state index contributed by atoms with van der Waals surface area (Å²) in [6, 6.07) is 0.767. The van der Waals surface area contributed by atoms with Crippen LogP contribution < -0.4 is 5.32 Å². The average Bonchev–Trinajstić information content (AvgIpc) is 2.83. The van der Waals surface area contributed by atoms with Gasteiger partial charge in [-0.3, -0.25) is 0 Å². The normalized spacial score (nSPS) is 27.1. The fourth-order valence-corrected chi connectivity index (χ4v) is 3.69. The Morgan fingerprint density at radius 2 is 1.50 bits per heavy atom. The largest absolute Gasteiger partial charge is 0.313 e. The van der Waals surface area contributed by atoms with E-state index in [9.17, 15) is 0 Å². The van der Waals surface area contributed by atoms with Crippen molar-refractivity contribution >= 4 is 0 Å². The lowest BCUT2D eigenvalue weighted by molar-refractivity contribution is 0.270. The molecule has 0 bridgehead atoms. The third-order valence-corrected chi connectivity index (χ3v) is 4.92. The highest BCUT2D eigenvalue weighted by Gasteiger charge is 2.16. The highest BCUT2D eigenvalue weighted by molar-refractivity contribution is 4.75. The van der Waals surface area contributed by atoms with E-state index in [0.29, 0.717) is 0 Å². The molecule has 2 fully saturated rings. The molecule has 1 atom stereocenters. The van der Waals surface area contributed by atoms with Gasteiger partial charge in [0.1, 0.15) is 0 Å². The first-order valence-electron chi connectivity index (χ1n) is 9.06. The van der Waals surface area contributed by atoms with Gasteiger partial charge in [-0.2, -0.15) is 0 Å². The monoisotopic (exact) mass is 281 g/mol. The molecule has 0 saturated carbocycles. The average molecular weight is 281 g/mol. The van der Waals surface area contributed by atoms with Crippen LogP contribution >= 0.6 is 0 Å². The minimum Gasteiger partial charge on any atom is -0.313 e. The highest BCUT2D eigenvalue weighted by Crippen LogP contribution is 2.12. The van der Waals surface area contributed by atoms with Gasteiger partial charge in [0.05, 0.1) is 0 Å². The molecular weight excluding hydrogens is 246 g/mol. The first-order valence-corrected chi connectivity index (χ1v) is 9.06. The fourth-order valence-electron chi connectivity index (χ4n) is 3.69. The van der Waals surface area contributed by atoms with Crippen LogP contribution in [0.3, 0.4) is 0 Å². The highest BCUT2D eigenvalue weighted by atomic mass is 15.1. The number of nitrogens with zero attached hydrogens (tertiary/aromatic N) is 2. The summed E-state index contributed by atoms with van der Waals surface area (Å²) in [5.74, 6) is 0. The SMILES string of the molecule is CCCN1CCCC(NCCN2CCCCCC2)CC1. The van der Waals surface area contributed by atoms with E-state index in [1.807, 2.05) is 0 Å². The lowest BCUT2D eigenvalue weighted by atomic mass is 10.1. The van der Waals surface area contributed by atoms with E-state index in [2.05, 4.69) is 22.0 Å². The van der Waals surface area contributed by atoms with Gasteiger partial charge in [0.25, 0.3) is 0 Å². The molecule has 2 aliphatic rings. The summed E-state index contributed by atoms with van der Waals surface area (Å²) in [4.78, 5) is 5.32. The van der Waals surface area contributed by atoms with Crippen molar-refractivity contribution in [3.05, 3.63) is 0 Å². The quantitative estimate of drug-likeness (QED) is 0.807. The van der Waals surface area contributed by atoms with Crippen LogP contribution in [0, 0.1) is 0 Å². The van der Waals surface area contributed by atoms with Gasteiger partial charge in [-0.1, -0.05) is 19.8 Å². The van der Waals surface area contributed by atoms with Crippen LogP contribution in [0.1, 0.15) is 58.3 Å². The summed E-state index contributed by atoms with van der Waals surface area (Å²) in [5, 5.41) is 3.82. The Hall–Kier alpha value is -0.120. The van der Waals surface area contributed by atoms with E-state index in [-0.39, 0.29) is 0 Å². The van der Waals surface area contributed by atoms with E-state index in [0.717, 1.165) is 6.04 Å². The minimum atomic E-state index is 0.767. The standard InChI is InChI=1S/C17H35N3/c1-2-11-19-14-7-8-17(9-15-19)18-10-16-20-12-5-3-4-6-13-20/h17-18H,2-16H2,1H3. The molecule has 118 valence electrons. The summed E-state index contributed by atoms with van der Waals surface area (Å²) in [6.45, 7) is 11.3. The van der Waals surface area contributed by atoms with Gasteiger partial charge in [0, 0.05) is 19.1 Å². The molecular formula is C17H35N3. The molecule has 2 aliphatic heterocycles. The van der Waals surface area contributed by atoms with Gasteiger partial charge < -0.3 is 15.1 Å². The van der Waals surface area contributed by atoms with Crippen molar-refractivity contribution in [3.8, 4) is 0 Å². The molecule has 3 heteroatoms. The van der Waals surface area contributed by atoms with Crippen LogP contribution in [0.4, 0.5) is 0 Å². The molecule has 0 spiro atoms. The zero-order valence-electron chi connectivity index (χ0n) is 13.6. The van der Waals surface area contributed by atoms with Crippen LogP contribution in [-0.2, 0) is 0 Å². The number of hydrogen-bond acceptors (Lipinski definition) is 3. The molecule has 2 rings (SSSR count). The Labute approximate surface area is 126 Å². The van der Waals surface area contributed by atoms with Crippen molar-refractivity contribution in [3.63, 3.8) is 0 Å². The van der Waals surface area contributed by atoms with Crippen molar-refractivity contribution in [1.29, 1.82) is 0 Å². The van der Waals surface area contributed by atoms with Crippen LogP contribution in [0.5, 0.6) is 0 Å². The maximum atomic E-state index is 3.82. The predicted octanol–water partition coefficient (Wildman–Crippen LogP) is 2.72. The molecule has 0 amide bonds. The van der Waals surface area contributed by atoms with Gasteiger partial charge in [0.15, 0.2) is 0 Å². The van der Waals surface area contributed by atoms with Gasteiger partial charge in [-0.15, -0.1) is 0 Å². The third kappa shape index (κ3) is 6.11. The van der Waals surface area contributed by atoms with E-state index < -0.39 is 0 Å².